The van der Waals surface area contributed by atoms with Gasteiger partial charge in [-0.15, -0.1) is 0 Å². The minimum absolute atomic E-state index is 0.0479. The van der Waals surface area contributed by atoms with Gasteiger partial charge in [-0.05, 0) is 17.5 Å². The number of β-amino-alcohol motifs (C(OH)–C–C–N with tert-alkyl or cyclic N) is 1. The Morgan fingerprint density at radius 3 is 2.48 bits per heavy atom. The highest BCUT2D eigenvalue weighted by Gasteiger charge is 2.26. The van der Waals surface area contributed by atoms with E-state index in [1.165, 1.54) is 0 Å². The first kappa shape index (κ1) is 16.4. The zero-order chi connectivity index (χ0) is 16.4. The van der Waals surface area contributed by atoms with E-state index in [0.29, 0.717) is 0 Å². The van der Waals surface area contributed by atoms with Crippen LogP contribution in [0, 0.1) is 5.41 Å². The fourth-order valence-corrected chi connectivity index (χ4v) is 2.94. The van der Waals surface area contributed by atoms with Crippen molar-refractivity contribution in [3.05, 3.63) is 36.3 Å². The van der Waals surface area contributed by atoms with Crippen LogP contribution in [0.3, 0.4) is 0 Å². The Hall–Kier alpha value is -1.43. The summed E-state index contributed by atoms with van der Waals surface area (Å²) in [6.07, 6.45) is 3.88. The second-order valence-electron chi connectivity index (χ2n) is 7.66. The number of fused-ring (bicyclic) bond motifs is 1. The number of aromatic nitrogens is 2. The highest BCUT2D eigenvalue weighted by Crippen LogP contribution is 2.20. The molecular formula is C18H28N4O. The van der Waals surface area contributed by atoms with Crippen LogP contribution in [-0.4, -0.2) is 63.1 Å². The molecule has 3 heterocycles. The highest BCUT2D eigenvalue weighted by atomic mass is 16.3. The van der Waals surface area contributed by atoms with Crippen LogP contribution in [-0.2, 0) is 6.54 Å². The Morgan fingerprint density at radius 1 is 1.13 bits per heavy atom. The van der Waals surface area contributed by atoms with Crippen LogP contribution >= 0.6 is 0 Å². The van der Waals surface area contributed by atoms with Gasteiger partial charge in [-0.2, -0.15) is 0 Å². The summed E-state index contributed by atoms with van der Waals surface area (Å²) in [6.45, 7) is 12.0. The molecule has 0 radical (unpaired) electrons. The second-order valence-corrected chi connectivity index (χ2v) is 7.66. The predicted octanol–water partition coefficient (Wildman–Crippen LogP) is 1.86. The molecule has 0 aromatic carbocycles. The van der Waals surface area contributed by atoms with E-state index in [1.807, 2.05) is 24.4 Å². The summed E-state index contributed by atoms with van der Waals surface area (Å²) in [5, 5.41) is 10.3. The van der Waals surface area contributed by atoms with Gasteiger partial charge in [0.2, 0.25) is 0 Å². The number of nitrogens with zero attached hydrogens (tertiary/aromatic N) is 4. The third-order valence-corrected chi connectivity index (χ3v) is 4.70. The van der Waals surface area contributed by atoms with Gasteiger partial charge in [-0.25, -0.2) is 4.98 Å². The molecule has 1 N–H and O–H groups in total. The number of rotatable bonds is 4. The molecule has 2 aromatic rings. The standard InChI is InChI=1S/C18H28N4O/c1-18(2,3)16(23)14-21-10-8-20(9-11-21)12-15-13-22-7-5-4-6-17(22)19-15/h4-7,13,16,23H,8-12,14H2,1-3H3. The molecule has 5 nitrogen and oxygen atoms in total. The van der Waals surface area contributed by atoms with Gasteiger partial charge in [0, 0.05) is 51.7 Å². The van der Waals surface area contributed by atoms with E-state index in [4.69, 9.17) is 0 Å². The summed E-state index contributed by atoms with van der Waals surface area (Å²) in [5.74, 6) is 0. The van der Waals surface area contributed by atoms with Gasteiger partial charge in [0.05, 0.1) is 11.8 Å². The van der Waals surface area contributed by atoms with E-state index < -0.39 is 0 Å². The minimum atomic E-state index is -0.271. The molecule has 5 heteroatoms. The zero-order valence-electron chi connectivity index (χ0n) is 14.4. The van der Waals surface area contributed by atoms with E-state index in [2.05, 4.69) is 46.2 Å². The lowest BCUT2D eigenvalue weighted by molar-refractivity contribution is 0.0124. The molecule has 0 aliphatic carbocycles. The average molecular weight is 316 g/mol. The molecule has 1 atom stereocenters. The molecule has 1 aliphatic heterocycles. The quantitative estimate of drug-likeness (QED) is 0.935. The lowest BCUT2D eigenvalue weighted by Gasteiger charge is -2.37. The number of hydrogen-bond donors (Lipinski definition) is 1. The van der Waals surface area contributed by atoms with E-state index in [-0.39, 0.29) is 11.5 Å². The Balaban J connectivity index is 1.51. The van der Waals surface area contributed by atoms with Crippen LogP contribution in [0.15, 0.2) is 30.6 Å². The van der Waals surface area contributed by atoms with Crippen molar-refractivity contribution in [1.29, 1.82) is 0 Å². The topological polar surface area (TPSA) is 44.0 Å². The van der Waals surface area contributed by atoms with Gasteiger partial charge in [0.1, 0.15) is 5.65 Å². The molecule has 0 saturated carbocycles. The summed E-state index contributed by atoms with van der Waals surface area (Å²) in [4.78, 5) is 9.49. The molecule has 2 aromatic heterocycles. The smallest absolute Gasteiger partial charge is 0.137 e. The van der Waals surface area contributed by atoms with Crippen LogP contribution in [0.2, 0.25) is 0 Å². The minimum Gasteiger partial charge on any atom is -0.391 e. The molecule has 1 saturated heterocycles. The Morgan fingerprint density at radius 2 is 1.83 bits per heavy atom. The van der Waals surface area contributed by atoms with E-state index in [0.717, 1.165) is 50.6 Å². The fourth-order valence-electron chi connectivity index (χ4n) is 2.94. The van der Waals surface area contributed by atoms with Crippen LogP contribution < -0.4 is 0 Å². The number of piperazine rings is 1. The van der Waals surface area contributed by atoms with Gasteiger partial charge in [0.15, 0.2) is 0 Å². The van der Waals surface area contributed by atoms with Crippen LogP contribution in [0.25, 0.3) is 5.65 Å². The van der Waals surface area contributed by atoms with Crippen molar-refractivity contribution in [2.75, 3.05) is 32.7 Å². The number of hydrogen-bond acceptors (Lipinski definition) is 4. The highest BCUT2D eigenvalue weighted by molar-refractivity contribution is 5.39. The summed E-state index contributed by atoms with van der Waals surface area (Å²) in [7, 11) is 0. The first-order valence-corrected chi connectivity index (χ1v) is 8.47. The van der Waals surface area contributed by atoms with Crippen LogP contribution in [0.5, 0.6) is 0 Å². The first-order chi connectivity index (χ1) is 10.9. The molecule has 126 valence electrons. The maximum atomic E-state index is 10.3. The number of aliphatic hydroxyl groups is 1. The molecule has 0 bridgehead atoms. The molecule has 0 amide bonds. The van der Waals surface area contributed by atoms with Gasteiger partial charge in [0.25, 0.3) is 0 Å². The van der Waals surface area contributed by atoms with Gasteiger partial charge in [-0.1, -0.05) is 26.8 Å². The molecule has 23 heavy (non-hydrogen) atoms. The SMILES string of the molecule is CC(C)(C)C(O)CN1CCN(Cc2cn3ccccc3n2)CC1. The van der Waals surface area contributed by atoms with Crippen molar-refractivity contribution in [3.8, 4) is 0 Å². The lowest BCUT2D eigenvalue weighted by Crippen LogP contribution is -2.49. The number of aliphatic hydroxyl groups excluding tert-OH is 1. The Bertz CT molecular complexity index is 605. The number of pyridine rings is 1. The third-order valence-electron chi connectivity index (χ3n) is 4.70. The first-order valence-electron chi connectivity index (χ1n) is 8.47. The fraction of sp³-hybridized carbons (Fsp3) is 0.611. The molecule has 3 rings (SSSR count). The van der Waals surface area contributed by atoms with Crippen LogP contribution in [0.1, 0.15) is 26.5 Å². The number of imidazole rings is 1. The largest absolute Gasteiger partial charge is 0.391 e. The summed E-state index contributed by atoms with van der Waals surface area (Å²) >= 11 is 0. The summed E-state index contributed by atoms with van der Waals surface area (Å²) in [6, 6.07) is 6.08. The Labute approximate surface area is 138 Å². The van der Waals surface area contributed by atoms with E-state index >= 15 is 0 Å². The third kappa shape index (κ3) is 4.10. The maximum absolute atomic E-state index is 10.3. The van der Waals surface area contributed by atoms with Crippen molar-refractivity contribution in [2.24, 2.45) is 5.41 Å². The molecule has 0 spiro atoms. The lowest BCUT2D eigenvalue weighted by atomic mass is 9.89. The van der Waals surface area contributed by atoms with Crippen molar-refractivity contribution >= 4 is 5.65 Å². The zero-order valence-corrected chi connectivity index (χ0v) is 14.4. The van der Waals surface area contributed by atoms with Gasteiger partial charge < -0.3 is 9.51 Å². The maximum Gasteiger partial charge on any atom is 0.137 e. The average Bonchev–Trinajstić information content (AvgIpc) is 2.90. The van der Waals surface area contributed by atoms with Crippen molar-refractivity contribution in [2.45, 2.75) is 33.4 Å². The van der Waals surface area contributed by atoms with Gasteiger partial charge >= 0.3 is 0 Å². The van der Waals surface area contributed by atoms with Crippen molar-refractivity contribution < 1.29 is 5.11 Å². The van der Waals surface area contributed by atoms with Crippen molar-refractivity contribution in [3.63, 3.8) is 0 Å². The molecular weight excluding hydrogens is 288 g/mol. The van der Waals surface area contributed by atoms with Crippen LogP contribution in [0.4, 0.5) is 0 Å². The molecule has 1 fully saturated rings. The molecule has 1 aliphatic rings. The normalized spacial score (nSPS) is 19.3. The van der Waals surface area contributed by atoms with E-state index in [9.17, 15) is 5.11 Å². The second kappa shape index (κ2) is 6.59. The summed E-state index contributed by atoms with van der Waals surface area (Å²) in [5.41, 5.74) is 2.09. The monoisotopic (exact) mass is 316 g/mol. The predicted molar refractivity (Wildman–Crippen MR) is 92.4 cm³/mol. The Kier molecular flexibility index (Phi) is 4.71. The molecule has 1 unspecified atom stereocenters. The summed E-state index contributed by atoms with van der Waals surface area (Å²) < 4.78 is 2.07. The van der Waals surface area contributed by atoms with Crippen molar-refractivity contribution in [1.82, 2.24) is 19.2 Å². The van der Waals surface area contributed by atoms with E-state index in [1.54, 1.807) is 0 Å². The van der Waals surface area contributed by atoms with Gasteiger partial charge in [-0.3, -0.25) is 9.80 Å².